The Kier molecular flexibility index (Phi) is 5.95. The molecule has 0 aliphatic heterocycles. The third kappa shape index (κ3) is 5.17. The average Bonchev–Trinajstić information content (AvgIpc) is 2.33. The van der Waals surface area contributed by atoms with Gasteiger partial charge >= 0.3 is 6.09 Å². The minimum absolute atomic E-state index is 0.0195. The molecule has 0 bridgehead atoms. The van der Waals surface area contributed by atoms with Gasteiger partial charge in [0.2, 0.25) is 0 Å². The van der Waals surface area contributed by atoms with E-state index in [4.69, 9.17) is 0 Å². The number of nitrogens with zero attached hydrogens (tertiary/aromatic N) is 2. The Morgan fingerprint density at radius 2 is 2.20 bits per heavy atom. The molecule has 1 aromatic heterocycles. The molecule has 1 aromatic rings. The molecule has 0 radical (unpaired) electrons. The highest BCUT2D eigenvalue weighted by molar-refractivity contribution is 5.66. The Labute approximate surface area is 121 Å². The predicted molar refractivity (Wildman–Crippen MR) is 79.6 cm³/mol. The van der Waals surface area contributed by atoms with Crippen molar-refractivity contribution in [1.82, 2.24) is 15.2 Å². The van der Waals surface area contributed by atoms with Crippen LogP contribution in [0.15, 0.2) is 24.5 Å². The van der Waals surface area contributed by atoms with Crippen LogP contribution >= 0.6 is 0 Å². The number of hydrogen-bond acceptors (Lipinski definition) is 3. The summed E-state index contributed by atoms with van der Waals surface area (Å²) in [7, 11) is 0. The van der Waals surface area contributed by atoms with Crippen LogP contribution in [0.25, 0.3) is 0 Å². The molecule has 112 valence electrons. The average molecular weight is 279 g/mol. The van der Waals surface area contributed by atoms with E-state index in [-0.39, 0.29) is 11.6 Å². The van der Waals surface area contributed by atoms with E-state index in [9.17, 15) is 9.90 Å². The molecular formula is C15H25N3O2. The highest BCUT2D eigenvalue weighted by Crippen LogP contribution is 2.18. The van der Waals surface area contributed by atoms with Gasteiger partial charge in [0.15, 0.2) is 0 Å². The molecule has 0 aromatic carbocycles. The topological polar surface area (TPSA) is 65.5 Å². The van der Waals surface area contributed by atoms with E-state index in [1.165, 1.54) is 4.90 Å². The van der Waals surface area contributed by atoms with Crippen molar-refractivity contribution in [1.29, 1.82) is 0 Å². The molecule has 5 nitrogen and oxygen atoms in total. The minimum Gasteiger partial charge on any atom is -0.465 e. The first-order valence-electron chi connectivity index (χ1n) is 6.94. The van der Waals surface area contributed by atoms with Gasteiger partial charge in [0.1, 0.15) is 0 Å². The molecular weight excluding hydrogens is 254 g/mol. The first-order valence-corrected chi connectivity index (χ1v) is 6.94. The van der Waals surface area contributed by atoms with Crippen molar-refractivity contribution in [3.63, 3.8) is 0 Å². The van der Waals surface area contributed by atoms with Crippen molar-refractivity contribution in [3.8, 4) is 0 Å². The fraction of sp³-hybridized carbons (Fsp3) is 0.600. The van der Waals surface area contributed by atoms with Gasteiger partial charge in [-0.1, -0.05) is 6.07 Å². The van der Waals surface area contributed by atoms with E-state index in [2.05, 4.69) is 10.3 Å². The Bertz CT molecular complexity index is 415. The second-order valence-corrected chi connectivity index (χ2v) is 6.00. The van der Waals surface area contributed by atoms with Gasteiger partial charge in [0, 0.05) is 30.5 Å². The Balaban J connectivity index is 2.39. The third-order valence-corrected chi connectivity index (χ3v) is 3.16. The lowest BCUT2D eigenvalue weighted by Crippen LogP contribution is -2.50. The minimum atomic E-state index is -0.864. The smallest absolute Gasteiger partial charge is 0.407 e. The van der Waals surface area contributed by atoms with Crippen molar-refractivity contribution in [3.05, 3.63) is 30.1 Å². The van der Waals surface area contributed by atoms with Gasteiger partial charge in [-0.2, -0.15) is 0 Å². The molecule has 1 heterocycles. The van der Waals surface area contributed by atoms with Crippen LogP contribution < -0.4 is 5.32 Å². The standard InChI is InChI=1S/C15H25N3O2/c1-12(18(14(19)20)15(2,3)4)7-9-17-11-13-6-5-8-16-10-13/h5-6,8,10,12,17H,7,9,11H2,1-4H3,(H,19,20)/t12-/m0/s1. The first kappa shape index (κ1) is 16.4. The van der Waals surface area contributed by atoms with Gasteiger partial charge in [0.25, 0.3) is 0 Å². The zero-order valence-corrected chi connectivity index (χ0v) is 12.8. The summed E-state index contributed by atoms with van der Waals surface area (Å²) in [6.45, 7) is 9.23. The molecule has 5 heteroatoms. The van der Waals surface area contributed by atoms with E-state index in [1.807, 2.05) is 46.0 Å². The maximum Gasteiger partial charge on any atom is 0.407 e. The highest BCUT2D eigenvalue weighted by Gasteiger charge is 2.30. The molecule has 0 saturated carbocycles. The summed E-state index contributed by atoms with van der Waals surface area (Å²) in [6, 6.07) is 3.90. The molecule has 1 amide bonds. The van der Waals surface area contributed by atoms with Crippen LogP contribution in [0.2, 0.25) is 0 Å². The summed E-state index contributed by atoms with van der Waals surface area (Å²) in [5.41, 5.74) is 0.750. The molecule has 0 aliphatic carbocycles. The van der Waals surface area contributed by atoms with Crippen LogP contribution in [0.4, 0.5) is 4.79 Å². The maximum atomic E-state index is 11.3. The van der Waals surface area contributed by atoms with E-state index in [1.54, 1.807) is 6.20 Å². The molecule has 1 atom stereocenters. The summed E-state index contributed by atoms with van der Waals surface area (Å²) in [6.07, 6.45) is 3.50. The molecule has 0 spiro atoms. The number of pyridine rings is 1. The van der Waals surface area contributed by atoms with E-state index in [0.717, 1.165) is 25.1 Å². The van der Waals surface area contributed by atoms with Crippen molar-refractivity contribution < 1.29 is 9.90 Å². The van der Waals surface area contributed by atoms with Gasteiger partial charge in [-0.25, -0.2) is 4.79 Å². The van der Waals surface area contributed by atoms with E-state index < -0.39 is 6.09 Å². The van der Waals surface area contributed by atoms with Crippen LogP contribution in [0.5, 0.6) is 0 Å². The monoisotopic (exact) mass is 279 g/mol. The fourth-order valence-electron chi connectivity index (χ4n) is 2.31. The number of nitrogens with one attached hydrogen (secondary N) is 1. The number of amides is 1. The number of hydrogen-bond donors (Lipinski definition) is 2. The summed E-state index contributed by atoms with van der Waals surface area (Å²) in [5.74, 6) is 0. The van der Waals surface area contributed by atoms with Crippen molar-refractivity contribution in [2.45, 2.75) is 52.2 Å². The molecule has 2 N–H and O–H groups in total. The number of rotatable bonds is 6. The van der Waals surface area contributed by atoms with Gasteiger partial charge in [0.05, 0.1) is 0 Å². The molecule has 0 saturated heterocycles. The lowest BCUT2D eigenvalue weighted by atomic mass is 10.0. The number of carbonyl (C=O) groups is 1. The predicted octanol–water partition coefficient (Wildman–Crippen LogP) is 2.73. The lowest BCUT2D eigenvalue weighted by molar-refractivity contribution is 0.0729. The Morgan fingerprint density at radius 1 is 1.50 bits per heavy atom. The van der Waals surface area contributed by atoms with Gasteiger partial charge in [-0.15, -0.1) is 0 Å². The zero-order valence-electron chi connectivity index (χ0n) is 12.8. The zero-order chi connectivity index (χ0) is 15.2. The maximum absolute atomic E-state index is 11.3. The number of carboxylic acid groups (broad SMARTS) is 1. The molecule has 0 aliphatic rings. The molecule has 0 unspecified atom stereocenters. The van der Waals surface area contributed by atoms with Crippen LogP contribution in [0, 0.1) is 0 Å². The van der Waals surface area contributed by atoms with Gasteiger partial charge in [-0.05, 0) is 52.3 Å². The summed E-state index contributed by atoms with van der Waals surface area (Å²) >= 11 is 0. The largest absolute Gasteiger partial charge is 0.465 e. The second-order valence-electron chi connectivity index (χ2n) is 6.00. The Morgan fingerprint density at radius 3 is 2.70 bits per heavy atom. The van der Waals surface area contributed by atoms with Gasteiger partial charge in [-0.3, -0.25) is 4.98 Å². The lowest BCUT2D eigenvalue weighted by Gasteiger charge is -2.38. The van der Waals surface area contributed by atoms with Crippen molar-refractivity contribution in [2.75, 3.05) is 6.54 Å². The van der Waals surface area contributed by atoms with Crippen LogP contribution in [-0.2, 0) is 6.54 Å². The normalized spacial score (nSPS) is 13.0. The van der Waals surface area contributed by atoms with Crippen LogP contribution in [0.1, 0.15) is 39.7 Å². The highest BCUT2D eigenvalue weighted by atomic mass is 16.4. The van der Waals surface area contributed by atoms with Crippen LogP contribution in [0.3, 0.4) is 0 Å². The second kappa shape index (κ2) is 7.24. The molecule has 20 heavy (non-hydrogen) atoms. The van der Waals surface area contributed by atoms with Gasteiger partial charge < -0.3 is 15.3 Å². The third-order valence-electron chi connectivity index (χ3n) is 3.16. The fourth-order valence-corrected chi connectivity index (χ4v) is 2.31. The summed E-state index contributed by atoms with van der Waals surface area (Å²) < 4.78 is 0. The quantitative estimate of drug-likeness (QED) is 0.786. The van der Waals surface area contributed by atoms with E-state index >= 15 is 0 Å². The SMILES string of the molecule is C[C@@H](CCNCc1cccnc1)N(C(=O)O)C(C)(C)C. The summed E-state index contributed by atoms with van der Waals surface area (Å²) in [5, 5.41) is 12.6. The molecule has 1 rings (SSSR count). The molecule has 0 fully saturated rings. The Hall–Kier alpha value is -1.62. The van der Waals surface area contributed by atoms with Crippen molar-refractivity contribution >= 4 is 6.09 Å². The first-order chi connectivity index (χ1) is 9.32. The van der Waals surface area contributed by atoms with E-state index in [0.29, 0.717) is 0 Å². The van der Waals surface area contributed by atoms with Crippen molar-refractivity contribution in [2.24, 2.45) is 0 Å². The summed E-state index contributed by atoms with van der Waals surface area (Å²) in [4.78, 5) is 16.9. The van der Waals surface area contributed by atoms with Crippen LogP contribution in [-0.4, -0.2) is 39.2 Å². The number of aromatic nitrogens is 1.